The molecule has 1 aliphatic carbocycles. The van der Waals surface area contributed by atoms with Crippen LogP contribution in [0.1, 0.15) is 134 Å². The summed E-state index contributed by atoms with van der Waals surface area (Å²) in [7, 11) is 0. The van der Waals surface area contributed by atoms with Crippen LogP contribution in [0.2, 0.25) is 0 Å². The van der Waals surface area contributed by atoms with Crippen LogP contribution in [0.5, 0.6) is 0 Å². The maximum Gasteiger partial charge on any atom is 0.244 e. The van der Waals surface area contributed by atoms with Gasteiger partial charge in [-0.25, -0.2) is 43.9 Å². The second-order valence-corrected chi connectivity index (χ2v) is 34.8. The zero-order chi connectivity index (χ0) is 98.8. The summed E-state index contributed by atoms with van der Waals surface area (Å²) in [6.07, 6.45) is 26.0. The lowest BCUT2D eigenvalue weighted by atomic mass is 9.95. The highest BCUT2D eigenvalue weighted by Crippen LogP contribution is 2.37. The quantitative estimate of drug-likeness (QED) is 0.0315. The third-order valence-corrected chi connectivity index (χ3v) is 24.8. The number of nitrogens with zero attached hydrogens (tertiary/aromatic N) is 6. The number of benzene rings is 10. The van der Waals surface area contributed by atoms with E-state index in [1.54, 1.807) is 151 Å². The van der Waals surface area contributed by atoms with Crippen LogP contribution in [0.15, 0.2) is 182 Å². The summed E-state index contributed by atoms with van der Waals surface area (Å²) < 4.78 is 137. The Morgan fingerprint density at radius 1 is 0.333 bits per heavy atom. The van der Waals surface area contributed by atoms with Crippen LogP contribution in [0.3, 0.4) is 0 Å². The first-order valence-corrected chi connectivity index (χ1v) is 46.0. The van der Waals surface area contributed by atoms with Gasteiger partial charge in [-0.2, -0.15) is 25.5 Å². The van der Waals surface area contributed by atoms with E-state index in [1.807, 2.05) is 0 Å². The highest BCUT2D eigenvalue weighted by molar-refractivity contribution is 6.05. The fourth-order valence-corrected chi connectivity index (χ4v) is 16.4. The van der Waals surface area contributed by atoms with Gasteiger partial charge in [0.25, 0.3) is 0 Å². The van der Waals surface area contributed by atoms with Crippen molar-refractivity contribution < 1.29 is 72.7 Å². The molecule has 0 bridgehead atoms. The summed E-state index contributed by atoms with van der Waals surface area (Å²) in [5, 5.41) is 61.2. The predicted molar refractivity (Wildman–Crippen MR) is 528 cm³/mol. The van der Waals surface area contributed by atoms with Gasteiger partial charge in [0.2, 0.25) is 35.4 Å². The Morgan fingerprint density at radius 2 is 0.631 bits per heavy atom. The number of likely N-dealkylation sites (tertiary alicyclic amines) is 1. The van der Waals surface area contributed by atoms with Crippen molar-refractivity contribution in [2.45, 2.75) is 89.1 Å². The molecule has 6 amide bonds. The van der Waals surface area contributed by atoms with Gasteiger partial charge in [-0.1, -0.05) is 97.5 Å². The van der Waals surface area contributed by atoms with Crippen molar-refractivity contribution >= 4 is 179 Å². The van der Waals surface area contributed by atoms with E-state index in [0.29, 0.717) is 128 Å². The number of aromatic nitrogens is 10. The molecule has 36 heteroatoms. The summed E-state index contributed by atoms with van der Waals surface area (Å²) in [6, 6.07) is 44.4. The van der Waals surface area contributed by atoms with Crippen LogP contribution in [0.4, 0.5) is 72.3 Å². The van der Waals surface area contributed by atoms with Crippen molar-refractivity contribution in [3.63, 3.8) is 0 Å². The molecule has 5 aromatic heterocycles. The van der Waals surface area contributed by atoms with E-state index in [4.69, 9.17) is 5.73 Å². The van der Waals surface area contributed by atoms with Gasteiger partial charge in [0.05, 0.1) is 102 Å². The Hall–Kier alpha value is -15.8. The normalized spacial score (nSPS) is 16.1. The molecule has 9 heterocycles. The average Bonchev–Trinajstić information content (AvgIpc) is 1.61. The minimum atomic E-state index is -0.886. The van der Waals surface area contributed by atoms with E-state index >= 15 is 0 Å². The summed E-state index contributed by atoms with van der Waals surface area (Å²) >= 11 is 0. The predicted octanol–water partition coefficient (Wildman–Crippen LogP) is 19.6. The Bertz CT molecular complexity index is 6810. The van der Waals surface area contributed by atoms with Crippen LogP contribution < -0.4 is 48.3 Å². The first-order valence-electron chi connectivity index (χ1n) is 46.0. The number of amides is 6. The average molecular weight is 1930 g/mol. The zero-order valence-electron chi connectivity index (χ0n) is 76.1. The largest absolute Gasteiger partial charge is 0.343 e. The number of anilines is 5. The molecule has 15 N–H and O–H groups in total. The van der Waals surface area contributed by atoms with Gasteiger partial charge in [-0.05, 0) is 240 Å². The van der Waals surface area contributed by atoms with Crippen molar-refractivity contribution in [1.82, 2.24) is 71.8 Å². The molecule has 2 unspecified atom stereocenters. The maximum atomic E-state index is 14.5. The number of halogens is 10. The smallest absolute Gasteiger partial charge is 0.244 e. The van der Waals surface area contributed by atoms with E-state index in [1.165, 1.54) is 104 Å². The molecule has 4 aliphatic heterocycles. The van der Waals surface area contributed by atoms with Gasteiger partial charge in [0.1, 0.15) is 58.2 Å². The van der Waals surface area contributed by atoms with Crippen LogP contribution in [0, 0.1) is 75.9 Å². The number of fused-ring (bicyclic) bond motifs is 5. The van der Waals surface area contributed by atoms with Crippen molar-refractivity contribution in [3.05, 3.63) is 296 Å². The number of aromatic amines is 5. The number of carbonyl (C=O) groups excluding carboxylic acids is 6. The first-order chi connectivity index (χ1) is 68.1. The molecule has 141 heavy (non-hydrogen) atoms. The van der Waals surface area contributed by atoms with Crippen molar-refractivity contribution in [2.24, 2.45) is 23.5 Å². The number of nitrogens with two attached hydrogens (primary N) is 1. The molecule has 10 aromatic carbocycles. The summed E-state index contributed by atoms with van der Waals surface area (Å²) in [6.45, 7) is 6.44. The Morgan fingerprint density at radius 3 is 0.915 bits per heavy atom. The molecule has 0 radical (unpaired) electrons. The fourth-order valence-electron chi connectivity index (χ4n) is 16.4. The van der Waals surface area contributed by atoms with E-state index in [-0.39, 0.29) is 117 Å². The molecule has 20 rings (SSSR count). The maximum absolute atomic E-state index is 14.5. The molecule has 15 aromatic rings. The topological polar surface area (TPSA) is 371 Å². The minimum absolute atomic E-state index is 0.00321. The lowest BCUT2D eigenvalue weighted by Crippen LogP contribution is -2.43. The summed E-state index contributed by atoms with van der Waals surface area (Å²) in [4.78, 5) is 75.2. The molecule has 1 saturated carbocycles. The molecule has 2 atom stereocenters. The van der Waals surface area contributed by atoms with Crippen LogP contribution >= 0.6 is 0 Å². The molecule has 724 valence electrons. The monoisotopic (exact) mass is 1920 g/mol. The number of hydrogen-bond acceptors (Lipinski definition) is 15. The van der Waals surface area contributed by atoms with Crippen LogP contribution in [-0.4, -0.2) is 149 Å². The van der Waals surface area contributed by atoms with Crippen molar-refractivity contribution in [2.75, 3.05) is 72.4 Å². The number of piperidine rings is 4. The van der Waals surface area contributed by atoms with Gasteiger partial charge >= 0.3 is 0 Å². The van der Waals surface area contributed by atoms with E-state index in [2.05, 4.69) is 93.5 Å². The van der Waals surface area contributed by atoms with Crippen molar-refractivity contribution in [3.8, 4) is 0 Å². The highest BCUT2D eigenvalue weighted by atomic mass is 19.2. The number of H-pyrrole nitrogens is 5. The Balaban J connectivity index is 0.000000127. The molecule has 5 fully saturated rings. The number of carbonyl (C=O) groups is 6. The fraction of sp³-hybridized carbons (Fsp3) is 0.229. The van der Waals surface area contributed by atoms with Crippen molar-refractivity contribution in [1.29, 1.82) is 0 Å². The number of nitrogens with one attached hydrogen (secondary N) is 13. The Labute approximate surface area is 801 Å². The van der Waals surface area contributed by atoms with Crippen LogP contribution in [0.25, 0.3) is 115 Å². The lowest BCUT2D eigenvalue weighted by molar-refractivity contribution is -0.132. The standard InChI is InChI=1S/C23H22F2N4O2.3C21H20F2N4O.C19H16F2N4O/c1-14(30)29-10-8-16(9-11-29)23(31)26-22-12-18-20(27-28-21(18)13-19(22)25)7-4-15-2-5-17(24)6-3-15;22-15-4-1-13(2-5-15)3-6-18-16-11-20(17(23)12-19(16)27-26-18)25-21(28)14-7-9-24-10-8-14;22-15-6-3-13(4-7-15)5-8-18-16-10-20(17(23)11-19(16)27-26-18)25-21(28)14-2-1-9-24-12-14;22-14-7-4-13(5-8-14)6-9-17-15-11-20(16(23)12-19(15)27-26-17)25-21(28)18-3-1-2-10-24-18;20-12-4-1-11(2-5-12)3-6-15-13-9-17(14(21)10-16(13)25-24-15)23-18(26)19(22)7-8-19/h2-7,12-13,16H,8-11H2,1H3,(H,26,31)(H,27,28);1-6,11-12,14,24H,7-10H2,(H,25,28)(H,26,27);3-8,10-11,14,24H,1-2,9,12H2,(H,25,28)(H,26,27);4-9,11-12,18,24H,1-3,10H2,(H,25,28)(H,26,27);1-6,9-10H,7-8,22H2,(H,23,26)(H,24,25)/b7-4+;6-3+;8-5+;9-6+;6-3+. The minimum Gasteiger partial charge on any atom is -0.343 e. The summed E-state index contributed by atoms with van der Waals surface area (Å²) in [5.74, 6) is -5.94. The van der Waals surface area contributed by atoms with E-state index in [0.717, 1.165) is 98.9 Å². The second kappa shape index (κ2) is 45.2. The molecule has 0 spiro atoms. The number of hydrogen-bond donors (Lipinski definition) is 14. The van der Waals surface area contributed by atoms with Gasteiger partial charge in [0, 0.05) is 95.7 Å². The van der Waals surface area contributed by atoms with Gasteiger partial charge in [-0.3, -0.25) is 54.3 Å². The van der Waals surface area contributed by atoms with Gasteiger partial charge in [0.15, 0.2) is 0 Å². The third-order valence-electron chi connectivity index (χ3n) is 24.8. The second-order valence-electron chi connectivity index (χ2n) is 34.8. The SMILES string of the molecule is CC(=O)N1CCC(C(=O)Nc2cc3c(/C=C/c4ccc(F)cc4)n[nH]c3cc2F)CC1.NC1(C(=O)Nc2cc3c(/C=C/c4ccc(F)cc4)n[nH]c3cc2F)CC1.O=C(Nc1cc2c(/C=C/c3ccc(F)cc3)n[nH]c2cc1F)C1CCCCN1.O=C(Nc1cc2c(/C=C/c3ccc(F)cc3)n[nH]c2cc1F)C1CCCNC1.O=C(Nc1cc2c(/C=C/c3ccc(F)cc3)n[nH]c2cc1F)C1CCNCC1. The van der Waals surface area contributed by atoms with E-state index in [9.17, 15) is 72.7 Å². The summed E-state index contributed by atoms with van der Waals surface area (Å²) in [5.41, 5.74) is 15.2. The Kier molecular flexibility index (Phi) is 31.5. The highest BCUT2D eigenvalue weighted by Gasteiger charge is 2.46. The molecule has 26 nitrogen and oxygen atoms in total. The first kappa shape index (κ1) is 98.3. The van der Waals surface area contributed by atoms with E-state index < -0.39 is 34.6 Å². The number of rotatable bonds is 20. The van der Waals surface area contributed by atoms with Gasteiger partial charge in [-0.15, -0.1) is 0 Å². The zero-order valence-corrected chi connectivity index (χ0v) is 76.1. The molecule has 4 saturated heterocycles. The lowest BCUT2D eigenvalue weighted by Gasteiger charge is -2.30. The molecular formula is C105H98F10N20O6. The van der Waals surface area contributed by atoms with Crippen LogP contribution in [-0.2, 0) is 28.8 Å². The third kappa shape index (κ3) is 25.6. The molecular weight excluding hydrogens is 1830 g/mol. The van der Waals surface area contributed by atoms with Gasteiger partial charge < -0.3 is 53.2 Å². The molecule has 5 aliphatic rings.